The van der Waals surface area contributed by atoms with Crippen LogP contribution in [-0.2, 0) is 25.5 Å². The van der Waals surface area contributed by atoms with Gasteiger partial charge in [-0.1, -0.05) is 38.1 Å². The van der Waals surface area contributed by atoms with Crippen LogP contribution in [0.1, 0.15) is 25.8 Å². The lowest BCUT2D eigenvalue weighted by atomic mass is 10.1. The van der Waals surface area contributed by atoms with Gasteiger partial charge in [0.25, 0.3) is 5.91 Å². The van der Waals surface area contributed by atoms with Crippen LogP contribution in [0.4, 0.5) is 5.69 Å². The molecule has 0 bridgehead atoms. The van der Waals surface area contributed by atoms with Crippen LogP contribution in [0, 0.1) is 0 Å². The SMILES string of the molecule is CC/C=C/C(=O)OCC(=O)NCC(=O)Nc1ccccc1CC. The first-order valence-corrected chi connectivity index (χ1v) is 7.54. The van der Waals surface area contributed by atoms with Crippen molar-refractivity contribution in [3.05, 3.63) is 42.0 Å². The summed E-state index contributed by atoms with van der Waals surface area (Å²) in [5, 5.41) is 5.14. The number of esters is 1. The van der Waals surface area contributed by atoms with Crippen LogP contribution < -0.4 is 10.6 Å². The Bertz CT molecular complexity index is 582. The van der Waals surface area contributed by atoms with Gasteiger partial charge in [0.05, 0.1) is 6.54 Å². The van der Waals surface area contributed by atoms with Crippen molar-refractivity contribution < 1.29 is 19.1 Å². The molecule has 0 fully saturated rings. The highest BCUT2D eigenvalue weighted by Crippen LogP contribution is 2.14. The van der Waals surface area contributed by atoms with E-state index in [9.17, 15) is 14.4 Å². The van der Waals surface area contributed by atoms with E-state index in [2.05, 4.69) is 10.6 Å². The Balaban J connectivity index is 2.34. The van der Waals surface area contributed by atoms with Gasteiger partial charge in [-0.05, 0) is 24.5 Å². The van der Waals surface area contributed by atoms with Crippen LogP contribution in [0.25, 0.3) is 0 Å². The van der Waals surface area contributed by atoms with Crippen LogP contribution in [0.3, 0.4) is 0 Å². The molecule has 1 aromatic carbocycles. The molecular formula is C17H22N2O4. The fraction of sp³-hybridized carbons (Fsp3) is 0.353. The number of carbonyl (C=O) groups excluding carboxylic acids is 3. The van der Waals surface area contributed by atoms with Crippen LogP contribution in [0.2, 0.25) is 0 Å². The number of hydrogen-bond donors (Lipinski definition) is 2. The number of nitrogens with one attached hydrogen (secondary N) is 2. The van der Waals surface area contributed by atoms with E-state index >= 15 is 0 Å². The average Bonchev–Trinajstić information content (AvgIpc) is 2.56. The smallest absolute Gasteiger partial charge is 0.330 e. The lowest BCUT2D eigenvalue weighted by Gasteiger charge is -2.10. The predicted molar refractivity (Wildman–Crippen MR) is 87.8 cm³/mol. The van der Waals surface area contributed by atoms with Gasteiger partial charge in [0, 0.05) is 11.8 Å². The largest absolute Gasteiger partial charge is 0.452 e. The fourth-order valence-electron chi connectivity index (χ4n) is 1.77. The second-order valence-electron chi connectivity index (χ2n) is 4.75. The molecule has 1 rings (SSSR count). The second-order valence-corrected chi connectivity index (χ2v) is 4.75. The monoisotopic (exact) mass is 318 g/mol. The lowest BCUT2D eigenvalue weighted by molar-refractivity contribution is -0.143. The third-order valence-electron chi connectivity index (χ3n) is 2.95. The normalized spacial score (nSPS) is 10.3. The number of allylic oxidation sites excluding steroid dienone is 1. The summed E-state index contributed by atoms with van der Waals surface area (Å²) in [5.41, 5.74) is 1.74. The summed E-state index contributed by atoms with van der Waals surface area (Å²) in [6.07, 6.45) is 4.41. The third kappa shape index (κ3) is 7.26. The summed E-state index contributed by atoms with van der Waals surface area (Å²) < 4.78 is 4.72. The number of carbonyl (C=O) groups is 3. The van der Waals surface area contributed by atoms with Gasteiger partial charge < -0.3 is 15.4 Å². The quantitative estimate of drug-likeness (QED) is 0.565. The van der Waals surface area contributed by atoms with Crippen LogP contribution in [0.15, 0.2) is 36.4 Å². The Kier molecular flexibility index (Phi) is 8.13. The predicted octanol–water partition coefficient (Wildman–Crippen LogP) is 1.81. The molecule has 0 aromatic heterocycles. The summed E-state index contributed by atoms with van der Waals surface area (Å²) in [5.74, 6) is -1.44. The average molecular weight is 318 g/mol. The maximum Gasteiger partial charge on any atom is 0.330 e. The fourth-order valence-corrected chi connectivity index (χ4v) is 1.77. The second kappa shape index (κ2) is 10.2. The zero-order chi connectivity index (χ0) is 17.1. The Morgan fingerprint density at radius 1 is 1.13 bits per heavy atom. The zero-order valence-corrected chi connectivity index (χ0v) is 13.4. The molecule has 0 saturated heterocycles. The Labute approximate surface area is 135 Å². The molecular weight excluding hydrogens is 296 g/mol. The number of ether oxygens (including phenoxy) is 1. The minimum absolute atomic E-state index is 0.181. The number of para-hydroxylation sites is 1. The molecule has 23 heavy (non-hydrogen) atoms. The summed E-state index contributed by atoms with van der Waals surface area (Å²) in [6.45, 7) is 3.28. The van der Waals surface area contributed by atoms with Crippen molar-refractivity contribution >= 4 is 23.5 Å². The number of hydrogen-bond acceptors (Lipinski definition) is 4. The number of aryl methyl sites for hydroxylation is 1. The number of anilines is 1. The van der Waals surface area contributed by atoms with Gasteiger partial charge in [-0.2, -0.15) is 0 Å². The molecule has 6 nitrogen and oxygen atoms in total. The van der Waals surface area contributed by atoms with Crippen LogP contribution >= 0.6 is 0 Å². The minimum atomic E-state index is -0.580. The van der Waals surface area contributed by atoms with Crippen LogP contribution in [-0.4, -0.2) is 30.9 Å². The molecule has 0 heterocycles. The van der Waals surface area contributed by atoms with E-state index in [0.717, 1.165) is 17.7 Å². The van der Waals surface area contributed by atoms with Crippen molar-refractivity contribution in [3.8, 4) is 0 Å². The topological polar surface area (TPSA) is 84.5 Å². The third-order valence-corrected chi connectivity index (χ3v) is 2.95. The molecule has 0 aliphatic carbocycles. The summed E-state index contributed by atoms with van der Waals surface area (Å²) in [7, 11) is 0. The first-order valence-electron chi connectivity index (χ1n) is 7.54. The van der Waals surface area contributed by atoms with Gasteiger partial charge in [-0.15, -0.1) is 0 Å². The van der Waals surface area contributed by atoms with E-state index < -0.39 is 18.5 Å². The molecule has 2 amide bonds. The molecule has 124 valence electrons. The molecule has 6 heteroatoms. The van der Waals surface area contributed by atoms with E-state index in [0.29, 0.717) is 6.42 Å². The molecule has 0 spiro atoms. The van der Waals surface area contributed by atoms with E-state index in [1.54, 1.807) is 12.1 Å². The molecule has 0 unspecified atom stereocenters. The van der Waals surface area contributed by atoms with Crippen molar-refractivity contribution in [2.24, 2.45) is 0 Å². The van der Waals surface area contributed by atoms with Crippen molar-refractivity contribution in [2.45, 2.75) is 26.7 Å². The highest BCUT2D eigenvalue weighted by Gasteiger charge is 2.09. The van der Waals surface area contributed by atoms with E-state index in [1.807, 2.05) is 32.0 Å². The zero-order valence-electron chi connectivity index (χ0n) is 13.4. The number of amides is 2. The molecule has 2 N–H and O–H groups in total. The van der Waals surface area contributed by atoms with Crippen molar-refractivity contribution in [1.82, 2.24) is 5.32 Å². The van der Waals surface area contributed by atoms with Crippen LogP contribution in [0.5, 0.6) is 0 Å². The molecule has 1 aromatic rings. The van der Waals surface area contributed by atoms with E-state index in [1.165, 1.54) is 6.08 Å². The summed E-state index contributed by atoms with van der Waals surface area (Å²) in [6, 6.07) is 7.46. The maximum atomic E-state index is 11.8. The standard InChI is InChI=1S/C17H22N2O4/c1-3-5-10-17(22)23-12-16(21)18-11-15(20)19-14-9-7-6-8-13(14)4-2/h5-10H,3-4,11-12H2,1-2H3,(H,18,21)(H,19,20)/b10-5+. The lowest BCUT2D eigenvalue weighted by Crippen LogP contribution is -2.35. The summed E-state index contributed by atoms with van der Waals surface area (Å²) in [4.78, 5) is 34.5. The Morgan fingerprint density at radius 3 is 2.57 bits per heavy atom. The van der Waals surface area contributed by atoms with Crippen molar-refractivity contribution in [3.63, 3.8) is 0 Å². The maximum absolute atomic E-state index is 11.8. The summed E-state index contributed by atoms with van der Waals surface area (Å²) >= 11 is 0. The Hall–Kier alpha value is -2.63. The number of benzene rings is 1. The number of rotatable bonds is 8. The van der Waals surface area contributed by atoms with Gasteiger partial charge in [-0.3, -0.25) is 9.59 Å². The first-order chi connectivity index (χ1) is 11.1. The van der Waals surface area contributed by atoms with Gasteiger partial charge in [0.2, 0.25) is 5.91 Å². The molecule has 0 aliphatic heterocycles. The molecule has 0 radical (unpaired) electrons. The Morgan fingerprint density at radius 2 is 1.87 bits per heavy atom. The highest BCUT2D eigenvalue weighted by atomic mass is 16.5. The molecule has 0 saturated carbocycles. The van der Waals surface area contributed by atoms with Crippen molar-refractivity contribution in [2.75, 3.05) is 18.5 Å². The van der Waals surface area contributed by atoms with Gasteiger partial charge in [0.1, 0.15) is 0 Å². The highest BCUT2D eigenvalue weighted by molar-refractivity contribution is 5.95. The van der Waals surface area contributed by atoms with Gasteiger partial charge in [-0.25, -0.2) is 4.79 Å². The van der Waals surface area contributed by atoms with E-state index in [-0.39, 0.29) is 12.5 Å². The first kappa shape index (κ1) is 18.4. The van der Waals surface area contributed by atoms with Crippen molar-refractivity contribution in [1.29, 1.82) is 0 Å². The molecule has 0 aliphatic rings. The van der Waals surface area contributed by atoms with Gasteiger partial charge in [0.15, 0.2) is 6.61 Å². The van der Waals surface area contributed by atoms with Gasteiger partial charge >= 0.3 is 5.97 Å². The minimum Gasteiger partial charge on any atom is -0.452 e. The van der Waals surface area contributed by atoms with E-state index in [4.69, 9.17) is 4.74 Å². The molecule has 0 atom stereocenters.